The first-order valence-electron chi connectivity index (χ1n) is 12.2. The van der Waals surface area contributed by atoms with Crippen LogP contribution in [0, 0.1) is 0 Å². The van der Waals surface area contributed by atoms with Crippen LogP contribution in [0.5, 0.6) is 0 Å². The van der Waals surface area contributed by atoms with Crippen LogP contribution in [0.3, 0.4) is 0 Å². The van der Waals surface area contributed by atoms with E-state index in [1.165, 1.54) is 6.26 Å². The number of carbonyl (C=O) groups is 1. The molecule has 2 aromatic carbocycles. The van der Waals surface area contributed by atoms with Gasteiger partial charge in [0, 0.05) is 47.4 Å². The summed E-state index contributed by atoms with van der Waals surface area (Å²) >= 11 is 0. The Morgan fingerprint density at radius 1 is 1.00 bits per heavy atom. The van der Waals surface area contributed by atoms with E-state index in [1.54, 1.807) is 19.3 Å². The quantitative estimate of drug-likeness (QED) is 0.378. The second kappa shape index (κ2) is 9.82. The fourth-order valence-electron chi connectivity index (χ4n) is 4.38. The van der Waals surface area contributed by atoms with Gasteiger partial charge in [0.1, 0.15) is 9.84 Å². The Morgan fingerprint density at radius 2 is 1.81 bits per heavy atom. The molecule has 0 spiro atoms. The van der Waals surface area contributed by atoms with E-state index in [4.69, 9.17) is 0 Å². The van der Waals surface area contributed by atoms with Crippen molar-refractivity contribution in [1.82, 2.24) is 15.3 Å². The summed E-state index contributed by atoms with van der Waals surface area (Å²) in [5, 5.41) is 3.52. The summed E-state index contributed by atoms with van der Waals surface area (Å²) in [6.45, 7) is 1.74. The normalized spacial score (nSPS) is 14.5. The molecule has 0 saturated heterocycles. The highest BCUT2D eigenvalue weighted by molar-refractivity contribution is 7.91. The Bertz CT molecular complexity index is 1540. The van der Waals surface area contributed by atoms with Crippen molar-refractivity contribution < 1.29 is 13.2 Å². The van der Waals surface area contributed by atoms with Crippen LogP contribution in [0.2, 0.25) is 0 Å². The van der Waals surface area contributed by atoms with Crippen molar-refractivity contribution in [1.29, 1.82) is 0 Å². The number of sulfone groups is 1. The molecule has 2 aromatic heterocycles. The third-order valence-corrected chi connectivity index (χ3v) is 8.26. The largest absolute Gasteiger partial charge is 0.353 e. The maximum atomic E-state index is 12.3. The third kappa shape index (κ3) is 5.62. The van der Waals surface area contributed by atoms with E-state index in [2.05, 4.69) is 21.4 Å². The van der Waals surface area contributed by atoms with Gasteiger partial charge in [-0.15, -0.1) is 0 Å². The first-order chi connectivity index (χ1) is 17.3. The highest BCUT2D eigenvalue weighted by Gasteiger charge is 2.23. The lowest BCUT2D eigenvalue weighted by atomic mass is 9.94. The summed E-state index contributed by atoms with van der Waals surface area (Å²) in [5.74, 6) is 0.0304. The van der Waals surface area contributed by atoms with Crippen molar-refractivity contribution in [2.75, 3.05) is 6.26 Å². The summed E-state index contributed by atoms with van der Waals surface area (Å²) in [6, 6.07) is 18.5. The fourth-order valence-corrected chi connectivity index (χ4v) is 4.87. The molecule has 4 aromatic rings. The maximum absolute atomic E-state index is 12.3. The lowest BCUT2D eigenvalue weighted by Gasteiger charge is -2.14. The number of aromatic nitrogens is 2. The lowest BCUT2D eigenvalue weighted by molar-refractivity contribution is -0.120. The van der Waals surface area contributed by atoms with Gasteiger partial charge in [-0.1, -0.05) is 24.3 Å². The number of hydrogen-bond acceptors (Lipinski definition) is 5. The molecule has 0 aliphatic heterocycles. The molecule has 0 radical (unpaired) electrons. The highest BCUT2D eigenvalue weighted by Crippen LogP contribution is 2.32. The SMILES string of the molecule is CC(Cc1cc(-c2cccc(-c3cncc(CC(=O)NC4CC4)c3)c2)c2ncccc2c1)S(C)(=O)=O. The summed E-state index contributed by atoms with van der Waals surface area (Å²) in [5.41, 5.74) is 6.57. The number of benzene rings is 2. The van der Waals surface area contributed by atoms with E-state index in [1.807, 2.05) is 54.7 Å². The summed E-state index contributed by atoms with van der Waals surface area (Å²) in [7, 11) is -3.14. The average molecular weight is 500 g/mol. The van der Waals surface area contributed by atoms with E-state index in [0.717, 1.165) is 57.1 Å². The second-order valence-electron chi connectivity index (χ2n) is 9.74. The van der Waals surface area contributed by atoms with Gasteiger partial charge < -0.3 is 5.32 Å². The molecule has 1 aliphatic rings. The molecular weight excluding hydrogens is 470 g/mol. The number of hydrogen-bond donors (Lipinski definition) is 1. The Morgan fingerprint density at radius 3 is 2.58 bits per heavy atom. The Hall–Kier alpha value is -3.58. The molecule has 2 heterocycles. The average Bonchev–Trinajstić information content (AvgIpc) is 3.67. The van der Waals surface area contributed by atoms with Gasteiger partial charge in [-0.25, -0.2) is 8.42 Å². The number of nitrogens with zero attached hydrogens (tertiary/aromatic N) is 2. The Labute approximate surface area is 211 Å². The molecule has 7 heteroatoms. The summed E-state index contributed by atoms with van der Waals surface area (Å²) < 4.78 is 24.1. The predicted molar refractivity (Wildman–Crippen MR) is 143 cm³/mol. The van der Waals surface area contributed by atoms with Crippen LogP contribution < -0.4 is 5.32 Å². The molecule has 1 unspecified atom stereocenters. The van der Waals surface area contributed by atoms with Crippen LogP contribution in [0.25, 0.3) is 33.2 Å². The molecule has 1 amide bonds. The van der Waals surface area contributed by atoms with Crippen LogP contribution in [0.4, 0.5) is 0 Å². The topological polar surface area (TPSA) is 89.0 Å². The lowest BCUT2D eigenvalue weighted by Crippen LogP contribution is -2.26. The molecule has 1 saturated carbocycles. The van der Waals surface area contributed by atoms with Crippen LogP contribution in [-0.4, -0.2) is 41.8 Å². The molecule has 0 bridgehead atoms. The molecule has 184 valence electrons. The maximum Gasteiger partial charge on any atom is 0.224 e. The van der Waals surface area contributed by atoms with E-state index in [0.29, 0.717) is 18.9 Å². The molecular formula is C29H29N3O3S. The smallest absolute Gasteiger partial charge is 0.224 e. The number of pyridine rings is 2. The van der Waals surface area contributed by atoms with Crippen LogP contribution >= 0.6 is 0 Å². The summed E-state index contributed by atoms with van der Waals surface area (Å²) in [4.78, 5) is 21.3. The van der Waals surface area contributed by atoms with Gasteiger partial charge in [0.25, 0.3) is 0 Å². The van der Waals surface area contributed by atoms with E-state index in [9.17, 15) is 13.2 Å². The molecule has 6 nitrogen and oxygen atoms in total. The number of fused-ring (bicyclic) bond motifs is 1. The highest BCUT2D eigenvalue weighted by atomic mass is 32.2. The number of amides is 1. The monoisotopic (exact) mass is 499 g/mol. The van der Waals surface area contributed by atoms with Crippen LogP contribution in [0.1, 0.15) is 30.9 Å². The number of carbonyl (C=O) groups excluding carboxylic acids is 1. The van der Waals surface area contributed by atoms with Gasteiger partial charge in [-0.3, -0.25) is 14.8 Å². The molecule has 36 heavy (non-hydrogen) atoms. The zero-order chi connectivity index (χ0) is 25.3. The van der Waals surface area contributed by atoms with Crippen molar-refractivity contribution in [3.05, 3.63) is 84.3 Å². The molecule has 1 N–H and O–H groups in total. The minimum absolute atomic E-state index is 0.0304. The number of nitrogens with one attached hydrogen (secondary N) is 1. The third-order valence-electron chi connectivity index (χ3n) is 6.63. The van der Waals surface area contributed by atoms with Crippen molar-refractivity contribution in [2.45, 2.75) is 43.9 Å². The first kappa shape index (κ1) is 24.1. The van der Waals surface area contributed by atoms with Crippen molar-refractivity contribution >= 4 is 26.6 Å². The Balaban J connectivity index is 1.49. The minimum Gasteiger partial charge on any atom is -0.353 e. The molecule has 1 fully saturated rings. The Kier molecular flexibility index (Phi) is 6.58. The van der Waals surface area contributed by atoms with Gasteiger partial charge in [0.2, 0.25) is 5.91 Å². The van der Waals surface area contributed by atoms with Gasteiger partial charge >= 0.3 is 0 Å². The van der Waals surface area contributed by atoms with Crippen LogP contribution in [0.15, 0.2) is 73.2 Å². The van der Waals surface area contributed by atoms with E-state index >= 15 is 0 Å². The van der Waals surface area contributed by atoms with Gasteiger partial charge in [0.05, 0.1) is 17.2 Å². The van der Waals surface area contributed by atoms with E-state index in [-0.39, 0.29) is 5.91 Å². The van der Waals surface area contributed by atoms with Crippen molar-refractivity contribution in [2.24, 2.45) is 0 Å². The van der Waals surface area contributed by atoms with E-state index < -0.39 is 15.1 Å². The molecule has 5 rings (SSSR count). The standard InChI is InChI=1S/C29H29N3O3S/c1-19(36(2,34)35)11-20-12-24-7-4-10-31-29(24)27(14-20)23-6-3-5-22(16-23)25-13-21(17-30-18-25)15-28(33)32-26-8-9-26/h3-7,10,12-14,16-19,26H,8-9,11,15H2,1-2H3,(H,32,33). The fraction of sp³-hybridized carbons (Fsp3) is 0.276. The van der Waals surface area contributed by atoms with Gasteiger partial charge in [-0.05, 0) is 78.8 Å². The molecule has 1 aliphatic carbocycles. The van der Waals surface area contributed by atoms with Gasteiger partial charge in [0.15, 0.2) is 0 Å². The second-order valence-corrected chi connectivity index (χ2v) is 12.2. The van der Waals surface area contributed by atoms with Crippen molar-refractivity contribution in [3.63, 3.8) is 0 Å². The minimum atomic E-state index is -3.14. The van der Waals surface area contributed by atoms with Crippen molar-refractivity contribution in [3.8, 4) is 22.3 Å². The first-order valence-corrected chi connectivity index (χ1v) is 14.1. The van der Waals surface area contributed by atoms with Gasteiger partial charge in [-0.2, -0.15) is 0 Å². The predicted octanol–water partition coefficient (Wildman–Crippen LogP) is 4.76. The summed E-state index contributed by atoms with van der Waals surface area (Å²) in [6.07, 6.45) is 9.48. The zero-order valence-corrected chi connectivity index (χ0v) is 21.3. The number of rotatable bonds is 8. The molecule has 1 atom stereocenters. The van der Waals surface area contributed by atoms with Crippen LogP contribution in [-0.2, 0) is 27.5 Å². The zero-order valence-electron chi connectivity index (χ0n) is 20.4.